The standard InChI is InChI=1S/C31H45O/c1-2-3-4-5-6-7-8-9-10-12-15-27-18-20-29(21-19-27)30-22-24-31(25-23-30)32-26-28-16-13-11-14-17-28/h11,18-25,28H,2-10,12-17,26H2,1H3. The van der Waals surface area contributed by atoms with E-state index >= 15 is 0 Å². The van der Waals surface area contributed by atoms with Crippen LogP contribution in [0.3, 0.4) is 0 Å². The van der Waals surface area contributed by atoms with Crippen molar-refractivity contribution in [1.29, 1.82) is 0 Å². The van der Waals surface area contributed by atoms with Gasteiger partial charge in [-0.15, -0.1) is 0 Å². The minimum absolute atomic E-state index is 0.725. The molecular formula is C31H45O. The van der Waals surface area contributed by atoms with Crippen molar-refractivity contribution in [2.24, 2.45) is 5.92 Å². The van der Waals surface area contributed by atoms with Gasteiger partial charge in [-0.05, 0) is 79.7 Å². The summed E-state index contributed by atoms with van der Waals surface area (Å²) in [6, 6.07) is 17.8. The molecule has 1 aliphatic carbocycles. The summed E-state index contributed by atoms with van der Waals surface area (Å²) in [5.74, 6) is 1.73. The van der Waals surface area contributed by atoms with Crippen LogP contribution in [0.4, 0.5) is 0 Å². The number of rotatable bonds is 15. The third kappa shape index (κ3) is 9.39. The summed E-state index contributed by atoms with van der Waals surface area (Å²) in [5, 5.41) is 0. The smallest absolute Gasteiger partial charge is 0.119 e. The minimum atomic E-state index is 0.725. The Bertz CT molecular complexity index is 709. The fourth-order valence-electron chi connectivity index (χ4n) is 4.80. The quantitative estimate of drug-likeness (QED) is 0.254. The lowest BCUT2D eigenvalue weighted by Crippen LogP contribution is -2.15. The van der Waals surface area contributed by atoms with Gasteiger partial charge in [-0.2, -0.15) is 0 Å². The topological polar surface area (TPSA) is 9.23 Å². The molecule has 0 heterocycles. The molecule has 2 aromatic carbocycles. The van der Waals surface area contributed by atoms with Crippen LogP contribution < -0.4 is 4.74 Å². The maximum absolute atomic E-state index is 6.04. The molecule has 1 heteroatoms. The summed E-state index contributed by atoms with van der Waals surface area (Å²) in [6.45, 7) is 3.15. The molecule has 0 spiro atoms. The Morgan fingerprint density at radius 2 is 1.19 bits per heavy atom. The Hall–Kier alpha value is -1.76. The molecule has 32 heavy (non-hydrogen) atoms. The van der Waals surface area contributed by atoms with E-state index in [-0.39, 0.29) is 0 Å². The van der Waals surface area contributed by atoms with Gasteiger partial charge in [0.2, 0.25) is 0 Å². The Labute approximate surface area is 198 Å². The number of unbranched alkanes of at least 4 members (excludes halogenated alkanes) is 9. The van der Waals surface area contributed by atoms with Crippen LogP contribution in [-0.4, -0.2) is 6.61 Å². The van der Waals surface area contributed by atoms with Crippen molar-refractivity contribution in [3.63, 3.8) is 0 Å². The largest absolute Gasteiger partial charge is 0.493 e. The first-order valence-corrected chi connectivity index (χ1v) is 13.5. The van der Waals surface area contributed by atoms with Gasteiger partial charge in [0, 0.05) is 0 Å². The Kier molecular flexibility index (Phi) is 11.8. The summed E-state index contributed by atoms with van der Waals surface area (Å²) in [7, 11) is 0. The van der Waals surface area contributed by atoms with Gasteiger partial charge < -0.3 is 4.74 Å². The number of benzene rings is 2. The van der Waals surface area contributed by atoms with Crippen LogP contribution in [0, 0.1) is 12.3 Å². The van der Waals surface area contributed by atoms with Gasteiger partial charge in [0.15, 0.2) is 0 Å². The van der Waals surface area contributed by atoms with Crippen molar-refractivity contribution in [3.8, 4) is 16.9 Å². The molecule has 3 rings (SSSR count). The van der Waals surface area contributed by atoms with Crippen molar-refractivity contribution in [2.45, 2.75) is 103 Å². The second kappa shape index (κ2) is 15.1. The minimum Gasteiger partial charge on any atom is -0.493 e. The molecule has 175 valence electrons. The van der Waals surface area contributed by atoms with E-state index in [1.807, 2.05) is 0 Å². The number of hydrogen-bond donors (Lipinski definition) is 0. The highest BCUT2D eigenvalue weighted by Gasteiger charge is 2.14. The van der Waals surface area contributed by atoms with Crippen molar-refractivity contribution >= 4 is 0 Å². The van der Waals surface area contributed by atoms with E-state index in [2.05, 4.69) is 61.9 Å². The van der Waals surface area contributed by atoms with Crippen LogP contribution in [-0.2, 0) is 6.42 Å². The second-order valence-corrected chi connectivity index (χ2v) is 9.77. The first-order valence-electron chi connectivity index (χ1n) is 13.5. The molecule has 1 saturated carbocycles. The van der Waals surface area contributed by atoms with Crippen LogP contribution >= 0.6 is 0 Å². The normalized spacial score (nSPS) is 14.5. The van der Waals surface area contributed by atoms with E-state index in [1.165, 1.54) is 113 Å². The predicted octanol–water partition coefficient (Wildman–Crippen LogP) is 9.59. The lowest BCUT2D eigenvalue weighted by molar-refractivity contribution is 0.221. The molecule has 1 fully saturated rings. The molecule has 0 saturated heterocycles. The maximum Gasteiger partial charge on any atom is 0.119 e. The third-order valence-electron chi connectivity index (χ3n) is 7.00. The molecule has 0 bridgehead atoms. The van der Waals surface area contributed by atoms with E-state index in [0.29, 0.717) is 0 Å². The van der Waals surface area contributed by atoms with Gasteiger partial charge in [-0.3, -0.25) is 0 Å². The zero-order valence-electron chi connectivity index (χ0n) is 20.5. The molecule has 0 aromatic heterocycles. The molecule has 0 N–H and O–H groups in total. The lowest BCUT2D eigenvalue weighted by Gasteiger charge is -2.21. The third-order valence-corrected chi connectivity index (χ3v) is 7.00. The molecular weight excluding hydrogens is 388 g/mol. The Morgan fingerprint density at radius 1 is 0.656 bits per heavy atom. The molecule has 0 amide bonds. The van der Waals surface area contributed by atoms with E-state index in [1.54, 1.807) is 0 Å². The molecule has 0 aliphatic heterocycles. The van der Waals surface area contributed by atoms with Gasteiger partial charge in [-0.1, -0.05) is 101 Å². The van der Waals surface area contributed by atoms with Gasteiger partial charge in [0.05, 0.1) is 6.61 Å². The van der Waals surface area contributed by atoms with Gasteiger partial charge >= 0.3 is 0 Å². The predicted molar refractivity (Wildman–Crippen MR) is 139 cm³/mol. The van der Waals surface area contributed by atoms with Crippen LogP contribution in [0.2, 0.25) is 0 Å². The van der Waals surface area contributed by atoms with Gasteiger partial charge in [-0.25, -0.2) is 0 Å². The first-order chi connectivity index (χ1) is 15.8. The van der Waals surface area contributed by atoms with Crippen molar-refractivity contribution in [2.75, 3.05) is 6.61 Å². The summed E-state index contributed by atoms with van der Waals surface area (Å²) in [4.78, 5) is 0. The molecule has 1 nitrogen and oxygen atoms in total. The molecule has 1 radical (unpaired) electrons. The van der Waals surface area contributed by atoms with Crippen molar-refractivity contribution in [3.05, 3.63) is 60.5 Å². The van der Waals surface area contributed by atoms with Crippen LogP contribution in [0.15, 0.2) is 48.5 Å². The highest BCUT2D eigenvalue weighted by molar-refractivity contribution is 5.64. The summed E-state index contributed by atoms with van der Waals surface area (Å²) in [6.07, 6.45) is 22.7. The van der Waals surface area contributed by atoms with Gasteiger partial charge in [0.1, 0.15) is 5.75 Å². The van der Waals surface area contributed by atoms with E-state index < -0.39 is 0 Å². The van der Waals surface area contributed by atoms with Gasteiger partial charge in [0.25, 0.3) is 0 Å². The van der Waals surface area contributed by atoms with Crippen LogP contribution in [0.1, 0.15) is 102 Å². The molecule has 0 atom stereocenters. The van der Waals surface area contributed by atoms with Crippen molar-refractivity contribution < 1.29 is 4.74 Å². The Balaban J connectivity index is 1.30. The number of aryl methyl sites for hydroxylation is 1. The molecule has 0 unspecified atom stereocenters. The monoisotopic (exact) mass is 433 g/mol. The van der Waals surface area contributed by atoms with Crippen molar-refractivity contribution in [1.82, 2.24) is 0 Å². The van der Waals surface area contributed by atoms with E-state index in [9.17, 15) is 0 Å². The highest BCUT2D eigenvalue weighted by Crippen LogP contribution is 2.26. The molecule has 1 aliphatic rings. The zero-order chi connectivity index (χ0) is 22.3. The first kappa shape index (κ1) is 24.9. The van der Waals surface area contributed by atoms with Crippen LogP contribution in [0.25, 0.3) is 11.1 Å². The Morgan fingerprint density at radius 3 is 1.78 bits per heavy atom. The lowest BCUT2D eigenvalue weighted by atomic mass is 9.90. The number of hydrogen-bond acceptors (Lipinski definition) is 1. The average Bonchev–Trinajstić information content (AvgIpc) is 2.85. The zero-order valence-corrected chi connectivity index (χ0v) is 20.5. The summed E-state index contributed by atoms with van der Waals surface area (Å²) in [5.41, 5.74) is 4.04. The molecule has 2 aromatic rings. The second-order valence-electron chi connectivity index (χ2n) is 9.77. The van der Waals surface area contributed by atoms with E-state index in [0.717, 1.165) is 18.3 Å². The fraction of sp³-hybridized carbons (Fsp3) is 0.581. The fourth-order valence-corrected chi connectivity index (χ4v) is 4.80. The SMILES string of the molecule is CCCCCCCCCCCCc1ccc(-c2ccc(OCC3CC[CH]CC3)cc2)cc1. The highest BCUT2D eigenvalue weighted by atomic mass is 16.5. The summed E-state index contributed by atoms with van der Waals surface area (Å²) >= 11 is 0. The number of ether oxygens (including phenoxy) is 1. The summed E-state index contributed by atoms with van der Waals surface area (Å²) < 4.78 is 6.04. The maximum atomic E-state index is 6.04. The van der Waals surface area contributed by atoms with E-state index in [4.69, 9.17) is 4.74 Å². The van der Waals surface area contributed by atoms with Crippen LogP contribution in [0.5, 0.6) is 5.75 Å². The average molecular weight is 434 g/mol.